The van der Waals surface area contributed by atoms with E-state index in [1.165, 1.54) is 13.1 Å². The van der Waals surface area contributed by atoms with E-state index in [0.29, 0.717) is 6.04 Å². The van der Waals surface area contributed by atoms with Gasteiger partial charge in [-0.3, -0.25) is 0 Å². The molecule has 0 aromatic carbocycles. The summed E-state index contributed by atoms with van der Waals surface area (Å²) in [5, 5.41) is 0. The summed E-state index contributed by atoms with van der Waals surface area (Å²) in [4.78, 5) is 1.65. The van der Waals surface area contributed by atoms with Gasteiger partial charge in [0, 0.05) is 0 Å². The zero-order chi connectivity index (χ0) is 7.98. The van der Waals surface area contributed by atoms with E-state index in [1.54, 1.807) is 4.90 Å². The maximum atomic E-state index is 2.27. The Kier molecular flexibility index (Phi) is 5.32. The Morgan fingerprint density at radius 3 is 2.10 bits per heavy atom. The molecule has 0 heterocycles. The van der Waals surface area contributed by atoms with Gasteiger partial charge in [-0.25, -0.2) is 0 Å². The molecule has 10 heavy (non-hydrogen) atoms. The van der Waals surface area contributed by atoms with E-state index in [9.17, 15) is 0 Å². The molecule has 0 rings (SSSR count). The number of allylic oxidation sites excluding steroid dienone is 1. The first kappa shape index (κ1) is 9.70. The summed E-state index contributed by atoms with van der Waals surface area (Å²) in [5.41, 5.74) is 0. The molecule has 60 valence electrons. The molecular weight excluding hydrogens is 122 g/mol. The first-order valence-electron chi connectivity index (χ1n) is 4.23. The standard InChI is InChI=1S/C9H19N/c1-5-8-9(4)10(6-2)7-3/h5,8-9H,6-7H2,1-4H3/p+1/b8-5+. The fraction of sp³-hybridized carbons (Fsp3) is 0.778. The van der Waals surface area contributed by atoms with Crippen molar-refractivity contribution in [2.45, 2.75) is 33.7 Å². The molecule has 0 bridgehead atoms. The van der Waals surface area contributed by atoms with E-state index in [-0.39, 0.29) is 0 Å². The molecule has 0 aliphatic rings. The molecule has 0 aliphatic heterocycles. The average molecular weight is 142 g/mol. The van der Waals surface area contributed by atoms with Crippen molar-refractivity contribution in [1.29, 1.82) is 0 Å². The highest BCUT2D eigenvalue weighted by Gasteiger charge is 2.07. The van der Waals surface area contributed by atoms with Crippen molar-refractivity contribution in [3.05, 3.63) is 12.2 Å². The van der Waals surface area contributed by atoms with Crippen LogP contribution in [0.25, 0.3) is 0 Å². The van der Waals surface area contributed by atoms with Crippen molar-refractivity contribution in [1.82, 2.24) is 0 Å². The van der Waals surface area contributed by atoms with Gasteiger partial charge in [-0.15, -0.1) is 0 Å². The van der Waals surface area contributed by atoms with Gasteiger partial charge < -0.3 is 4.90 Å². The van der Waals surface area contributed by atoms with Crippen molar-refractivity contribution in [3.63, 3.8) is 0 Å². The molecule has 0 aromatic rings. The van der Waals surface area contributed by atoms with Crippen molar-refractivity contribution in [2.75, 3.05) is 13.1 Å². The fourth-order valence-corrected chi connectivity index (χ4v) is 1.32. The summed E-state index contributed by atoms with van der Waals surface area (Å²) in [6, 6.07) is 0.681. The molecule has 1 unspecified atom stereocenters. The van der Waals surface area contributed by atoms with E-state index in [2.05, 4.69) is 39.8 Å². The second-order valence-corrected chi connectivity index (χ2v) is 2.68. The molecule has 0 saturated heterocycles. The predicted octanol–water partition coefficient (Wildman–Crippen LogP) is 0.876. The van der Waals surface area contributed by atoms with Crippen LogP contribution in [0.4, 0.5) is 0 Å². The quantitative estimate of drug-likeness (QED) is 0.556. The van der Waals surface area contributed by atoms with Gasteiger partial charge in [-0.05, 0) is 33.8 Å². The Hall–Kier alpha value is -0.300. The van der Waals surface area contributed by atoms with Gasteiger partial charge >= 0.3 is 0 Å². The van der Waals surface area contributed by atoms with E-state index in [0.717, 1.165) is 0 Å². The number of quaternary nitrogens is 1. The van der Waals surface area contributed by atoms with Gasteiger partial charge in [0.15, 0.2) is 0 Å². The zero-order valence-electron chi connectivity index (χ0n) is 7.65. The van der Waals surface area contributed by atoms with Gasteiger partial charge in [-0.2, -0.15) is 0 Å². The third-order valence-corrected chi connectivity index (χ3v) is 2.03. The smallest absolute Gasteiger partial charge is 0.103 e. The van der Waals surface area contributed by atoms with Crippen molar-refractivity contribution in [2.24, 2.45) is 0 Å². The number of likely N-dealkylation sites (N-methyl/N-ethyl adjacent to an activating group) is 1. The number of hydrogen-bond donors (Lipinski definition) is 1. The summed E-state index contributed by atoms with van der Waals surface area (Å²) < 4.78 is 0. The summed E-state index contributed by atoms with van der Waals surface area (Å²) >= 11 is 0. The second kappa shape index (κ2) is 5.48. The topological polar surface area (TPSA) is 4.44 Å². The largest absolute Gasteiger partial charge is 0.330 e. The molecule has 1 atom stereocenters. The van der Waals surface area contributed by atoms with Crippen LogP contribution >= 0.6 is 0 Å². The Morgan fingerprint density at radius 2 is 1.80 bits per heavy atom. The molecule has 0 amide bonds. The third-order valence-electron chi connectivity index (χ3n) is 2.03. The second-order valence-electron chi connectivity index (χ2n) is 2.68. The lowest BCUT2D eigenvalue weighted by atomic mass is 10.2. The minimum atomic E-state index is 0.681. The average Bonchev–Trinajstić information content (AvgIpc) is 1.91. The van der Waals surface area contributed by atoms with E-state index < -0.39 is 0 Å². The van der Waals surface area contributed by atoms with Crippen LogP contribution < -0.4 is 4.90 Å². The van der Waals surface area contributed by atoms with Crippen LogP contribution in [-0.2, 0) is 0 Å². The lowest BCUT2D eigenvalue weighted by Crippen LogP contribution is -3.14. The SMILES string of the molecule is C/C=C/C(C)[NH+](CC)CC. The zero-order valence-corrected chi connectivity index (χ0v) is 7.65. The Labute approximate surface area is 64.7 Å². The molecule has 1 nitrogen and oxygen atoms in total. The van der Waals surface area contributed by atoms with Crippen LogP contribution in [0.5, 0.6) is 0 Å². The predicted molar refractivity (Wildman–Crippen MR) is 46.3 cm³/mol. The Morgan fingerprint density at radius 1 is 1.30 bits per heavy atom. The monoisotopic (exact) mass is 142 g/mol. The third kappa shape index (κ3) is 3.02. The van der Waals surface area contributed by atoms with Gasteiger partial charge in [0.1, 0.15) is 6.04 Å². The van der Waals surface area contributed by atoms with Crippen LogP contribution in [0.1, 0.15) is 27.7 Å². The van der Waals surface area contributed by atoms with Crippen molar-refractivity contribution >= 4 is 0 Å². The number of rotatable bonds is 4. The lowest BCUT2D eigenvalue weighted by molar-refractivity contribution is -0.913. The molecule has 0 aliphatic carbocycles. The van der Waals surface area contributed by atoms with Gasteiger partial charge in [0.05, 0.1) is 13.1 Å². The first-order valence-corrected chi connectivity index (χ1v) is 4.23. The molecule has 0 saturated carbocycles. The highest BCUT2D eigenvalue weighted by molar-refractivity contribution is 4.82. The minimum Gasteiger partial charge on any atom is -0.330 e. The van der Waals surface area contributed by atoms with Gasteiger partial charge in [-0.1, -0.05) is 6.08 Å². The molecular formula is C9H20N+. The van der Waals surface area contributed by atoms with E-state index in [1.807, 2.05) is 0 Å². The first-order chi connectivity index (χ1) is 4.76. The molecule has 0 spiro atoms. The number of hydrogen-bond acceptors (Lipinski definition) is 0. The normalized spacial score (nSPS) is 14.9. The highest BCUT2D eigenvalue weighted by Crippen LogP contribution is 1.77. The summed E-state index contributed by atoms with van der Waals surface area (Å²) in [7, 11) is 0. The Balaban J connectivity index is 3.75. The van der Waals surface area contributed by atoms with Gasteiger partial charge in [0.25, 0.3) is 0 Å². The number of nitrogens with one attached hydrogen (secondary N) is 1. The van der Waals surface area contributed by atoms with Gasteiger partial charge in [0.2, 0.25) is 0 Å². The minimum absolute atomic E-state index is 0.681. The summed E-state index contributed by atoms with van der Waals surface area (Å²) in [5.74, 6) is 0. The van der Waals surface area contributed by atoms with Crippen LogP contribution in [0.3, 0.4) is 0 Å². The Bertz CT molecular complexity index is 92.9. The van der Waals surface area contributed by atoms with Crippen LogP contribution in [0, 0.1) is 0 Å². The van der Waals surface area contributed by atoms with E-state index >= 15 is 0 Å². The molecule has 0 radical (unpaired) electrons. The lowest BCUT2D eigenvalue weighted by Gasteiger charge is -2.20. The van der Waals surface area contributed by atoms with Crippen LogP contribution in [0.2, 0.25) is 0 Å². The molecule has 1 N–H and O–H groups in total. The van der Waals surface area contributed by atoms with Crippen LogP contribution in [0.15, 0.2) is 12.2 Å². The van der Waals surface area contributed by atoms with Crippen LogP contribution in [-0.4, -0.2) is 19.1 Å². The summed E-state index contributed by atoms with van der Waals surface area (Å²) in [6.07, 6.45) is 4.40. The maximum Gasteiger partial charge on any atom is 0.103 e. The summed E-state index contributed by atoms with van der Waals surface area (Å²) in [6.45, 7) is 11.3. The fourth-order valence-electron chi connectivity index (χ4n) is 1.32. The van der Waals surface area contributed by atoms with Crippen molar-refractivity contribution in [3.8, 4) is 0 Å². The van der Waals surface area contributed by atoms with Crippen molar-refractivity contribution < 1.29 is 4.90 Å². The molecule has 1 heteroatoms. The maximum absolute atomic E-state index is 2.27. The molecule has 0 aromatic heterocycles. The highest BCUT2D eigenvalue weighted by atomic mass is 15.1. The van der Waals surface area contributed by atoms with E-state index in [4.69, 9.17) is 0 Å². The molecule has 0 fully saturated rings.